The number of benzene rings is 1. The first-order chi connectivity index (χ1) is 10.5. The quantitative estimate of drug-likeness (QED) is 0.768. The summed E-state index contributed by atoms with van der Waals surface area (Å²) in [5, 5.41) is 12.9. The van der Waals surface area contributed by atoms with E-state index in [0.29, 0.717) is 12.6 Å². The first-order valence-corrected chi connectivity index (χ1v) is 7.87. The maximum atomic E-state index is 11.8. The summed E-state index contributed by atoms with van der Waals surface area (Å²) < 4.78 is 5.56. The van der Waals surface area contributed by atoms with Gasteiger partial charge in [-0.3, -0.25) is 9.69 Å². The Kier molecular flexibility index (Phi) is 5.80. The second-order valence-electron chi connectivity index (χ2n) is 6.20. The van der Waals surface area contributed by atoms with Crippen LogP contribution in [0.2, 0.25) is 0 Å². The van der Waals surface area contributed by atoms with Gasteiger partial charge < -0.3 is 15.2 Å². The van der Waals surface area contributed by atoms with Crippen LogP contribution < -0.4 is 10.1 Å². The fourth-order valence-electron chi connectivity index (χ4n) is 2.30. The second kappa shape index (κ2) is 7.61. The molecule has 22 heavy (non-hydrogen) atoms. The molecule has 0 saturated heterocycles. The number of nitrogens with one attached hydrogen (secondary N) is 1. The molecule has 1 amide bonds. The van der Waals surface area contributed by atoms with Crippen LogP contribution >= 0.6 is 0 Å². The van der Waals surface area contributed by atoms with E-state index in [1.54, 1.807) is 0 Å². The summed E-state index contributed by atoms with van der Waals surface area (Å²) in [6.07, 6.45) is 1.77. The zero-order chi connectivity index (χ0) is 16.1. The number of rotatable bonds is 8. The molecule has 1 aromatic rings. The Morgan fingerprint density at radius 1 is 1.36 bits per heavy atom. The molecular weight excluding hydrogens is 280 g/mol. The molecule has 0 spiro atoms. The number of hydrogen-bond acceptors (Lipinski definition) is 4. The molecule has 1 saturated carbocycles. The summed E-state index contributed by atoms with van der Waals surface area (Å²) in [5.41, 5.74) is 0.770. The lowest BCUT2D eigenvalue weighted by molar-refractivity contribution is -0.122. The van der Waals surface area contributed by atoms with Crippen LogP contribution in [0.1, 0.15) is 38.4 Å². The third kappa shape index (κ3) is 5.31. The molecule has 2 rings (SSSR count). The molecule has 0 aromatic heterocycles. The van der Waals surface area contributed by atoms with Crippen LogP contribution in [0.25, 0.3) is 0 Å². The van der Waals surface area contributed by atoms with Crippen molar-refractivity contribution in [3.8, 4) is 5.75 Å². The van der Waals surface area contributed by atoms with E-state index in [-0.39, 0.29) is 18.6 Å². The van der Waals surface area contributed by atoms with Crippen molar-refractivity contribution in [1.29, 1.82) is 0 Å². The average Bonchev–Trinajstić information content (AvgIpc) is 3.29. The third-order valence-electron chi connectivity index (χ3n) is 3.69. The minimum atomic E-state index is -0.705. The van der Waals surface area contributed by atoms with Crippen molar-refractivity contribution in [2.24, 2.45) is 0 Å². The van der Waals surface area contributed by atoms with Crippen molar-refractivity contribution >= 4 is 5.91 Å². The lowest BCUT2D eigenvalue weighted by Crippen LogP contribution is -2.37. The number of amides is 1. The Balaban J connectivity index is 1.76. The summed E-state index contributed by atoms with van der Waals surface area (Å²) in [7, 11) is 1.96. The second-order valence-corrected chi connectivity index (χ2v) is 6.20. The molecule has 1 fully saturated rings. The predicted molar refractivity (Wildman–Crippen MR) is 85.8 cm³/mol. The highest BCUT2D eigenvalue weighted by Crippen LogP contribution is 2.24. The molecule has 0 bridgehead atoms. The van der Waals surface area contributed by atoms with Gasteiger partial charge in [0.15, 0.2) is 0 Å². The Bertz CT molecular complexity index is 483. The Labute approximate surface area is 132 Å². The van der Waals surface area contributed by atoms with Gasteiger partial charge in [0.25, 0.3) is 0 Å². The molecule has 122 valence electrons. The van der Waals surface area contributed by atoms with Gasteiger partial charge in [0.05, 0.1) is 18.8 Å². The number of carbonyl (C=O) groups excluding carboxylic acids is 1. The highest BCUT2D eigenvalue weighted by atomic mass is 16.5. The number of aliphatic hydroxyl groups excluding tert-OH is 1. The van der Waals surface area contributed by atoms with Gasteiger partial charge in [-0.15, -0.1) is 0 Å². The molecule has 1 unspecified atom stereocenters. The van der Waals surface area contributed by atoms with E-state index in [9.17, 15) is 9.90 Å². The van der Waals surface area contributed by atoms with Crippen LogP contribution in [-0.2, 0) is 4.79 Å². The molecule has 1 aliphatic rings. The first kappa shape index (κ1) is 16.8. The maximum Gasteiger partial charge on any atom is 0.234 e. The van der Waals surface area contributed by atoms with Crippen LogP contribution in [0.15, 0.2) is 24.3 Å². The lowest BCUT2D eigenvalue weighted by Gasteiger charge is -2.17. The number of aliphatic hydroxyl groups is 1. The molecule has 1 atom stereocenters. The highest BCUT2D eigenvalue weighted by Gasteiger charge is 2.27. The monoisotopic (exact) mass is 306 g/mol. The number of likely N-dealkylation sites (N-methyl/N-ethyl adjacent to an activating group) is 1. The minimum absolute atomic E-state index is 0.0480. The van der Waals surface area contributed by atoms with E-state index >= 15 is 0 Å². The fourth-order valence-corrected chi connectivity index (χ4v) is 2.30. The zero-order valence-electron chi connectivity index (χ0n) is 13.6. The molecule has 0 radical (unpaired) electrons. The maximum absolute atomic E-state index is 11.8. The van der Waals surface area contributed by atoms with E-state index < -0.39 is 6.10 Å². The summed E-state index contributed by atoms with van der Waals surface area (Å²) in [4.78, 5) is 13.9. The minimum Gasteiger partial charge on any atom is -0.491 e. The van der Waals surface area contributed by atoms with Crippen molar-refractivity contribution in [2.45, 2.75) is 44.9 Å². The zero-order valence-corrected chi connectivity index (χ0v) is 13.6. The SMILES string of the molecule is CC(C)Oc1ccc(C(O)CNC(=O)CN(C)C2CC2)cc1. The van der Waals surface area contributed by atoms with Gasteiger partial charge in [0, 0.05) is 12.6 Å². The Morgan fingerprint density at radius 3 is 2.55 bits per heavy atom. The van der Waals surface area contributed by atoms with Crippen molar-refractivity contribution in [3.63, 3.8) is 0 Å². The smallest absolute Gasteiger partial charge is 0.234 e. The Morgan fingerprint density at radius 2 is 2.00 bits per heavy atom. The lowest BCUT2D eigenvalue weighted by atomic mass is 10.1. The van der Waals surface area contributed by atoms with E-state index in [2.05, 4.69) is 10.2 Å². The van der Waals surface area contributed by atoms with Crippen LogP contribution in [0.3, 0.4) is 0 Å². The molecule has 0 heterocycles. The summed E-state index contributed by atoms with van der Waals surface area (Å²) in [6.45, 7) is 4.55. The largest absolute Gasteiger partial charge is 0.491 e. The first-order valence-electron chi connectivity index (χ1n) is 7.87. The van der Waals surface area contributed by atoms with Gasteiger partial charge in [-0.2, -0.15) is 0 Å². The fraction of sp³-hybridized carbons (Fsp3) is 0.588. The number of carbonyl (C=O) groups is 1. The van der Waals surface area contributed by atoms with Gasteiger partial charge in [0.1, 0.15) is 5.75 Å². The standard InChI is InChI=1S/C17H26N2O3/c1-12(2)22-15-8-4-13(5-9-15)16(20)10-18-17(21)11-19(3)14-6-7-14/h4-5,8-9,12,14,16,20H,6-7,10-11H2,1-3H3,(H,18,21). The number of nitrogens with zero attached hydrogens (tertiary/aromatic N) is 1. The molecule has 1 aromatic carbocycles. The molecule has 0 aliphatic heterocycles. The van der Waals surface area contributed by atoms with Gasteiger partial charge in [-0.05, 0) is 51.4 Å². The summed E-state index contributed by atoms with van der Waals surface area (Å²) >= 11 is 0. The van der Waals surface area contributed by atoms with Crippen LogP contribution in [-0.4, -0.2) is 48.2 Å². The molecular formula is C17H26N2O3. The van der Waals surface area contributed by atoms with Crippen molar-refractivity contribution in [1.82, 2.24) is 10.2 Å². The van der Waals surface area contributed by atoms with Crippen LogP contribution in [0, 0.1) is 0 Å². The van der Waals surface area contributed by atoms with Gasteiger partial charge in [-0.25, -0.2) is 0 Å². The summed E-state index contributed by atoms with van der Waals surface area (Å²) in [5.74, 6) is 0.731. The molecule has 5 heteroatoms. The summed E-state index contributed by atoms with van der Waals surface area (Å²) in [6, 6.07) is 7.88. The van der Waals surface area contributed by atoms with Crippen molar-refractivity contribution in [3.05, 3.63) is 29.8 Å². The Hall–Kier alpha value is -1.59. The average molecular weight is 306 g/mol. The van der Waals surface area contributed by atoms with E-state index in [1.807, 2.05) is 45.2 Å². The third-order valence-corrected chi connectivity index (χ3v) is 3.69. The molecule has 5 nitrogen and oxygen atoms in total. The van der Waals surface area contributed by atoms with Gasteiger partial charge in [-0.1, -0.05) is 12.1 Å². The van der Waals surface area contributed by atoms with Gasteiger partial charge >= 0.3 is 0 Å². The number of ether oxygens (including phenoxy) is 1. The number of hydrogen-bond donors (Lipinski definition) is 2. The van der Waals surface area contributed by atoms with E-state index in [0.717, 1.165) is 11.3 Å². The van der Waals surface area contributed by atoms with Crippen molar-refractivity contribution < 1.29 is 14.6 Å². The normalized spacial score (nSPS) is 15.9. The molecule has 1 aliphatic carbocycles. The topological polar surface area (TPSA) is 61.8 Å². The predicted octanol–water partition coefficient (Wildman–Crippen LogP) is 1.72. The van der Waals surface area contributed by atoms with Crippen molar-refractivity contribution in [2.75, 3.05) is 20.1 Å². The van der Waals surface area contributed by atoms with E-state index in [4.69, 9.17) is 4.74 Å². The van der Waals surface area contributed by atoms with Crippen LogP contribution in [0.4, 0.5) is 0 Å². The highest BCUT2D eigenvalue weighted by molar-refractivity contribution is 5.78. The van der Waals surface area contributed by atoms with Gasteiger partial charge in [0.2, 0.25) is 5.91 Å². The molecule has 2 N–H and O–H groups in total. The van der Waals surface area contributed by atoms with Crippen LogP contribution in [0.5, 0.6) is 5.75 Å². The van der Waals surface area contributed by atoms with E-state index in [1.165, 1.54) is 12.8 Å².